The number of amides is 1. The first-order chi connectivity index (χ1) is 13.5. The second-order valence-corrected chi connectivity index (χ2v) is 9.90. The third-order valence-electron chi connectivity index (χ3n) is 5.98. The number of rotatable bonds is 5. The Morgan fingerprint density at radius 1 is 0.964 bits per heavy atom. The zero-order chi connectivity index (χ0) is 20.0. The lowest BCUT2D eigenvalue weighted by Gasteiger charge is -2.35. The van der Waals surface area contributed by atoms with E-state index in [1.165, 1.54) is 47.8 Å². The van der Waals surface area contributed by atoms with Gasteiger partial charge in [0.05, 0.1) is 4.90 Å². The van der Waals surface area contributed by atoms with Crippen LogP contribution in [-0.4, -0.2) is 37.8 Å². The van der Waals surface area contributed by atoms with E-state index in [0.717, 1.165) is 44.9 Å². The summed E-state index contributed by atoms with van der Waals surface area (Å²) in [6, 6.07) is 4.71. The monoisotopic (exact) mass is 410 g/mol. The number of carbonyl (C=O) groups is 1. The molecule has 1 atom stereocenters. The van der Waals surface area contributed by atoms with Gasteiger partial charge in [0.2, 0.25) is 15.9 Å². The second-order valence-electron chi connectivity index (χ2n) is 8.01. The van der Waals surface area contributed by atoms with Gasteiger partial charge in [-0.2, -0.15) is 4.31 Å². The van der Waals surface area contributed by atoms with E-state index in [1.54, 1.807) is 0 Å². The first-order valence-electron chi connectivity index (χ1n) is 10.5. The van der Waals surface area contributed by atoms with Gasteiger partial charge in [0.15, 0.2) is 0 Å². The Balaban J connectivity index is 1.64. The normalized spacial score (nSPS) is 23.0. The maximum atomic E-state index is 13.2. The summed E-state index contributed by atoms with van der Waals surface area (Å²) in [6.07, 6.45) is 10.1. The molecule has 3 rings (SSSR count). The largest absolute Gasteiger partial charge is 0.354 e. The van der Waals surface area contributed by atoms with Crippen molar-refractivity contribution in [3.8, 4) is 0 Å². The molecule has 1 aromatic carbocycles. The van der Waals surface area contributed by atoms with Gasteiger partial charge in [-0.3, -0.25) is 4.79 Å². The van der Waals surface area contributed by atoms with E-state index in [0.29, 0.717) is 13.1 Å². The zero-order valence-electron chi connectivity index (χ0n) is 16.4. The first-order valence-corrected chi connectivity index (χ1v) is 12.0. The Bertz CT molecular complexity index is 743. The van der Waals surface area contributed by atoms with Crippen LogP contribution in [0.5, 0.6) is 0 Å². The molecular weight excluding hydrogens is 379 g/mol. The van der Waals surface area contributed by atoms with Crippen LogP contribution in [-0.2, 0) is 14.8 Å². The molecule has 1 unspecified atom stereocenters. The smallest absolute Gasteiger partial charge is 0.243 e. The predicted octanol–water partition coefficient (Wildman–Crippen LogP) is 3.85. The van der Waals surface area contributed by atoms with Crippen LogP contribution in [0.3, 0.4) is 0 Å². The maximum Gasteiger partial charge on any atom is 0.243 e. The lowest BCUT2D eigenvalue weighted by atomic mass is 9.90. The molecule has 1 heterocycles. The third-order valence-corrected chi connectivity index (χ3v) is 7.95. The third kappa shape index (κ3) is 5.32. The lowest BCUT2D eigenvalue weighted by Crippen LogP contribution is -2.50. The molecule has 1 N–H and O–H groups in total. The van der Waals surface area contributed by atoms with Crippen molar-refractivity contribution >= 4 is 15.9 Å². The molecule has 0 bridgehead atoms. The van der Waals surface area contributed by atoms with Crippen LogP contribution in [0, 0.1) is 11.7 Å². The minimum Gasteiger partial charge on any atom is -0.354 e. The highest BCUT2D eigenvalue weighted by Gasteiger charge is 2.34. The molecule has 156 valence electrons. The number of hydrogen-bond donors (Lipinski definition) is 1. The van der Waals surface area contributed by atoms with E-state index in [2.05, 4.69) is 5.32 Å². The predicted molar refractivity (Wildman–Crippen MR) is 107 cm³/mol. The number of benzene rings is 1. The van der Waals surface area contributed by atoms with Gasteiger partial charge in [-0.15, -0.1) is 0 Å². The van der Waals surface area contributed by atoms with E-state index in [1.807, 2.05) is 0 Å². The molecular formula is C21H31FN2O3S. The standard InChI is InChI=1S/C21H31FN2O3S/c22-18-11-13-20(14-12-18)28(26,27)24-15-7-6-10-19(24)16-23-21(25)17-8-4-2-1-3-5-9-17/h11-14,17,19H,1-10,15-16H2,(H,23,25). The minimum atomic E-state index is -3.70. The van der Waals surface area contributed by atoms with Gasteiger partial charge in [-0.05, 0) is 49.9 Å². The molecule has 1 aromatic rings. The molecule has 0 radical (unpaired) electrons. The number of sulfonamides is 1. The number of carbonyl (C=O) groups excluding carboxylic acids is 1. The summed E-state index contributed by atoms with van der Waals surface area (Å²) in [5, 5.41) is 3.03. The van der Waals surface area contributed by atoms with Crippen LogP contribution in [0.15, 0.2) is 29.2 Å². The molecule has 1 aliphatic carbocycles. The summed E-state index contributed by atoms with van der Waals surface area (Å²) in [7, 11) is -3.70. The highest BCUT2D eigenvalue weighted by molar-refractivity contribution is 7.89. The summed E-state index contributed by atoms with van der Waals surface area (Å²) >= 11 is 0. The molecule has 1 aliphatic heterocycles. The Morgan fingerprint density at radius 2 is 1.57 bits per heavy atom. The average molecular weight is 411 g/mol. The van der Waals surface area contributed by atoms with Crippen LogP contribution in [0.4, 0.5) is 4.39 Å². The minimum absolute atomic E-state index is 0.0473. The van der Waals surface area contributed by atoms with Gasteiger partial charge < -0.3 is 5.32 Å². The van der Waals surface area contributed by atoms with Crippen LogP contribution >= 0.6 is 0 Å². The fourth-order valence-electron chi connectivity index (χ4n) is 4.32. The van der Waals surface area contributed by atoms with Gasteiger partial charge in [0.25, 0.3) is 0 Å². The molecule has 1 saturated carbocycles. The fourth-order valence-corrected chi connectivity index (χ4v) is 6.01. The second kappa shape index (κ2) is 9.83. The molecule has 1 amide bonds. The van der Waals surface area contributed by atoms with Crippen LogP contribution in [0.25, 0.3) is 0 Å². The van der Waals surface area contributed by atoms with Gasteiger partial charge in [0, 0.05) is 25.0 Å². The number of piperidine rings is 1. The number of nitrogens with one attached hydrogen (secondary N) is 1. The number of hydrogen-bond acceptors (Lipinski definition) is 3. The molecule has 7 heteroatoms. The van der Waals surface area contributed by atoms with Gasteiger partial charge in [-0.1, -0.05) is 38.5 Å². The Labute approximate surface area is 167 Å². The molecule has 0 aromatic heterocycles. The summed E-state index contributed by atoms with van der Waals surface area (Å²) in [6.45, 7) is 0.777. The van der Waals surface area contributed by atoms with Gasteiger partial charge >= 0.3 is 0 Å². The van der Waals surface area contributed by atoms with E-state index in [-0.39, 0.29) is 22.8 Å². The van der Waals surface area contributed by atoms with Crippen LogP contribution < -0.4 is 5.32 Å². The van der Waals surface area contributed by atoms with E-state index in [9.17, 15) is 17.6 Å². The van der Waals surface area contributed by atoms with Gasteiger partial charge in [-0.25, -0.2) is 12.8 Å². The highest BCUT2D eigenvalue weighted by atomic mass is 32.2. The fraction of sp³-hybridized carbons (Fsp3) is 0.667. The average Bonchev–Trinajstić information content (AvgIpc) is 2.66. The van der Waals surface area contributed by atoms with Crippen molar-refractivity contribution in [1.82, 2.24) is 9.62 Å². The lowest BCUT2D eigenvalue weighted by molar-refractivity contribution is -0.125. The molecule has 2 fully saturated rings. The topological polar surface area (TPSA) is 66.5 Å². The number of halogens is 1. The van der Waals surface area contributed by atoms with Crippen molar-refractivity contribution in [3.63, 3.8) is 0 Å². The van der Waals surface area contributed by atoms with Crippen molar-refractivity contribution in [3.05, 3.63) is 30.1 Å². The Kier molecular flexibility index (Phi) is 7.46. The molecule has 1 saturated heterocycles. The van der Waals surface area contributed by atoms with Crippen molar-refractivity contribution in [2.24, 2.45) is 5.92 Å². The van der Waals surface area contributed by atoms with Crippen molar-refractivity contribution in [2.45, 2.75) is 75.1 Å². The van der Waals surface area contributed by atoms with E-state index < -0.39 is 15.8 Å². The molecule has 0 spiro atoms. The SMILES string of the molecule is O=C(NCC1CCCCN1S(=O)(=O)c1ccc(F)cc1)C1CCCCCCC1. The summed E-state index contributed by atoms with van der Waals surface area (Å²) in [5.41, 5.74) is 0. The first kappa shape index (κ1) is 21.2. The summed E-state index contributed by atoms with van der Waals surface area (Å²) < 4.78 is 40.7. The highest BCUT2D eigenvalue weighted by Crippen LogP contribution is 2.26. The van der Waals surface area contributed by atoms with Crippen molar-refractivity contribution in [2.75, 3.05) is 13.1 Å². The van der Waals surface area contributed by atoms with Crippen LogP contribution in [0.2, 0.25) is 0 Å². The molecule has 5 nitrogen and oxygen atoms in total. The summed E-state index contributed by atoms with van der Waals surface area (Å²) in [5.74, 6) is -0.349. The van der Waals surface area contributed by atoms with Crippen molar-refractivity contribution < 1.29 is 17.6 Å². The summed E-state index contributed by atoms with van der Waals surface area (Å²) in [4.78, 5) is 12.8. The van der Waals surface area contributed by atoms with Gasteiger partial charge in [0.1, 0.15) is 5.82 Å². The van der Waals surface area contributed by atoms with Crippen molar-refractivity contribution in [1.29, 1.82) is 0 Å². The quantitative estimate of drug-likeness (QED) is 0.802. The van der Waals surface area contributed by atoms with E-state index in [4.69, 9.17) is 0 Å². The number of nitrogens with zero attached hydrogens (tertiary/aromatic N) is 1. The molecule has 2 aliphatic rings. The Morgan fingerprint density at radius 3 is 2.25 bits per heavy atom. The van der Waals surface area contributed by atoms with Crippen LogP contribution in [0.1, 0.15) is 64.2 Å². The zero-order valence-corrected chi connectivity index (χ0v) is 17.2. The maximum absolute atomic E-state index is 13.2. The van der Waals surface area contributed by atoms with E-state index >= 15 is 0 Å². The Hall–Kier alpha value is -1.47. The molecule has 28 heavy (non-hydrogen) atoms.